The Hall–Kier alpha value is -3.18. The molecule has 6 rings (SSSR count). The summed E-state index contributed by atoms with van der Waals surface area (Å²) in [5, 5.41) is 10.8. The zero-order chi connectivity index (χ0) is 28.7. The number of rotatable bonds is 7. The Labute approximate surface area is 242 Å². The number of aromatic nitrogens is 4. The van der Waals surface area contributed by atoms with E-state index in [9.17, 15) is 13.9 Å². The van der Waals surface area contributed by atoms with Crippen LogP contribution in [0.2, 0.25) is 5.28 Å². The number of hydrogen-bond donors (Lipinski definition) is 1. The van der Waals surface area contributed by atoms with Crippen LogP contribution in [0.25, 0.3) is 11.2 Å². The van der Waals surface area contributed by atoms with Crippen LogP contribution in [0.1, 0.15) is 42.8 Å². The van der Waals surface area contributed by atoms with Crippen molar-refractivity contribution < 1.29 is 18.6 Å². The molecule has 0 saturated carbocycles. The summed E-state index contributed by atoms with van der Waals surface area (Å²) in [5.41, 5.74) is 3.04. The van der Waals surface area contributed by atoms with Gasteiger partial charge in [0.25, 0.3) is 0 Å². The van der Waals surface area contributed by atoms with Crippen molar-refractivity contribution in [3.63, 3.8) is 0 Å². The largest absolute Gasteiger partial charge is 0.395 e. The van der Waals surface area contributed by atoms with E-state index in [1.807, 2.05) is 11.5 Å². The first-order valence-electron chi connectivity index (χ1n) is 14.0. The van der Waals surface area contributed by atoms with Gasteiger partial charge in [-0.3, -0.25) is 4.90 Å². The van der Waals surface area contributed by atoms with Crippen LogP contribution in [0.4, 0.5) is 14.6 Å². The average molecular weight is 583 g/mol. The van der Waals surface area contributed by atoms with Crippen LogP contribution in [0.5, 0.6) is 0 Å². The predicted octanol–water partition coefficient (Wildman–Crippen LogP) is 4.91. The van der Waals surface area contributed by atoms with Gasteiger partial charge in [0.2, 0.25) is 5.28 Å². The molecule has 2 aromatic heterocycles. The molecule has 0 spiro atoms. The zero-order valence-electron chi connectivity index (χ0n) is 23.1. The molecule has 216 valence electrons. The predicted molar refractivity (Wildman–Crippen MR) is 153 cm³/mol. The molecule has 0 unspecified atom stereocenters. The van der Waals surface area contributed by atoms with E-state index in [1.54, 1.807) is 24.3 Å². The minimum atomic E-state index is -0.331. The summed E-state index contributed by atoms with van der Waals surface area (Å²) in [7, 11) is 0. The minimum Gasteiger partial charge on any atom is -0.395 e. The number of benzene rings is 2. The normalized spacial score (nSPS) is 21.8. The number of nitrogens with zero attached hydrogens (tertiary/aromatic N) is 6. The van der Waals surface area contributed by atoms with E-state index in [-0.39, 0.29) is 47.8 Å². The van der Waals surface area contributed by atoms with Crippen molar-refractivity contribution in [2.24, 2.45) is 0 Å². The SMILES string of the molecule is Cc1nc2c(N3C[C@@H](CO)N(C(c4ccc(F)cc4)c4ccc(F)cc4)C[C@@H]3C)nc(Cl)nc2n1C[C@@H]1CCCO1. The standard InChI is InChI=1S/C30H33ClF2N6O2/c1-18-14-39(27(20-5-9-22(32)10-6-20)21-7-11-23(33)12-8-21)24(17-40)15-37(18)28-26-29(36-30(31)35-28)38(19(2)34-26)16-25-4-3-13-41-25/h5-12,18,24-25,27,40H,3-4,13-17H2,1-2H3/t18-,24-,25-/m0/s1. The first-order valence-corrected chi connectivity index (χ1v) is 14.4. The van der Waals surface area contributed by atoms with Gasteiger partial charge in [-0.05, 0) is 73.7 Å². The lowest BCUT2D eigenvalue weighted by molar-refractivity contribution is 0.0724. The van der Waals surface area contributed by atoms with Crippen molar-refractivity contribution in [3.8, 4) is 0 Å². The fourth-order valence-corrected chi connectivity index (χ4v) is 6.34. The summed E-state index contributed by atoms with van der Waals surface area (Å²) in [4.78, 5) is 18.4. The van der Waals surface area contributed by atoms with E-state index in [4.69, 9.17) is 21.3 Å². The van der Waals surface area contributed by atoms with Crippen molar-refractivity contribution in [3.05, 3.63) is 82.4 Å². The second-order valence-electron chi connectivity index (χ2n) is 10.9. The van der Waals surface area contributed by atoms with Gasteiger partial charge in [-0.1, -0.05) is 24.3 Å². The van der Waals surface area contributed by atoms with E-state index in [0.717, 1.165) is 36.4 Å². The Morgan fingerprint density at radius 2 is 1.66 bits per heavy atom. The van der Waals surface area contributed by atoms with E-state index >= 15 is 0 Å². The van der Waals surface area contributed by atoms with Gasteiger partial charge in [0, 0.05) is 25.7 Å². The van der Waals surface area contributed by atoms with E-state index in [0.29, 0.717) is 36.6 Å². The highest BCUT2D eigenvalue weighted by molar-refractivity contribution is 6.28. The summed E-state index contributed by atoms with van der Waals surface area (Å²) < 4.78 is 35.6. The molecule has 0 amide bonds. The van der Waals surface area contributed by atoms with Crippen LogP contribution in [-0.4, -0.2) is 74.0 Å². The highest BCUT2D eigenvalue weighted by atomic mass is 35.5. The zero-order valence-corrected chi connectivity index (χ0v) is 23.8. The van der Waals surface area contributed by atoms with Gasteiger partial charge in [0.1, 0.15) is 17.5 Å². The van der Waals surface area contributed by atoms with Gasteiger partial charge >= 0.3 is 0 Å². The lowest BCUT2D eigenvalue weighted by atomic mass is 9.93. The van der Waals surface area contributed by atoms with Gasteiger partial charge in [0.15, 0.2) is 17.0 Å². The van der Waals surface area contributed by atoms with Gasteiger partial charge in [-0.25, -0.2) is 13.8 Å². The molecule has 0 bridgehead atoms. The number of hydrogen-bond acceptors (Lipinski definition) is 7. The number of aliphatic hydroxyl groups is 1. The Morgan fingerprint density at radius 1 is 1.00 bits per heavy atom. The molecule has 8 nitrogen and oxygen atoms in total. The third-order valence-electron chi connectivity index (χ3n) is 8.22. The first-order chi connectivity index (χ1) is 19.8. The molecule has 4 heterocycles. The Balaban J connectivity index is 1.36. The molecule has 3 atom stereocenters. The maximum atomic E-state index is 13.8. The molecule has 2 fully saturated rings. The Morgan fingerprint density at radius 3 is 2.24 bits per heavy atom. The van der Waals surface area contributed by atoms with Crippen molar-refractivity contribution >= 4 is 28.6 Å². The fraction of sp³-hybridized carbons (Fsp3) is 0.433. The van der Waals surface area contributed by atoms with Crippen molar-refractivity contribution in [2.45, 2.75) is 57.5 Å². The van der Waals surface area contributed by atoms with Gasteiger partial charge in [-0.15, -0.1) is 0 Å². The summed E-state index contributed by atoms with van der Waals surface area (Å²) in [6.07, 6.45) is 2.14. The molecule has 2 aliphatic heterocycles. The highest BCUT2D eigenvalue weighted by Gasteiger charge is 2.38. The molecule has 4 aromatic rings. The maximum absolute atomic E-state index is 13.8. The molecule has 2 aromatic carbocycles. The maximum Gasteiger partial charge on any atom is 0.226 e. The van der Waals surface area contributed by atoms with Gasteiger partial charge in [0.05, 0.1) is 31.3 Å². The van der Waals surface area contributed by atoms with Crippen molar-refractivity contribution in [1.29, 1.82) is 0 Å². The quantitative estimate of drug-likeness (QED) is 0.310. The smallest absolute Gasteiger partial charge is 0.226 e. The summed E-state index contributed by atoms with van der Waals surface area (Å²) in [5.74, 6) is 0.774. The number of ether oxygens (including phenoxy) is 1. The molecule has 0 aliphatic carbocycles. The molecule has 2 saturated heterocycles. The second-order valence-corrected chi connectivity index (χ2v) is 11.3. The van der Waals surface area contributed by atoms with Crippen LogP contribution in [-0.2, 0) is 11.3 Å². The number of aryl methyl sites for hydroxylation is 1. The Bertz CT molecular complexity index is 1460. The van der Waals surface area contributed by atoms with E-state index < -0.39 is 0 Å². The number of halogens is 3. The van der Waals surface area contributed by atoms with Gasteiger partial charge in [-0.2, -0.15) is 9.97 Å². The highest BCUT2D eigenvalue weighted by Crippen LogP contribution is 2.36. The average Bonchev–Trinajstić information content (AvgIpc) is 3.59. The number of piperazine rings is 1. The fourth-order valence-electron chi connectivity index (χ4n) is 6.18. The third kappa shape index (κ3) is 5.53. The number of anilines is 1. The summed E-state index contributed by atoms with van der Waals surface area (Å²) in [6, 6.07) is 12.0. The summed E-state index contributed by atoms with van der Waals surface area (Å²) in [6.45, 7) is 6.30. The number of aliphatic hydroxyl groups excluding tert-OH is 1. The molecule has 41 heavy (non-hydrogen) atoms. The molecule has 1 N–H and O–H groups in total. The monoisotopic (exact) mass is 582 g/mol. The van der Waals surface area contributed by atoms with Crippen LogP contribution >= 0.6 is 11.6 Å². The number of fused-ring (bicyclic) bond motifs is 1. The molecule has 2 aliphatic rings. The van der Waals surface area contributed by atoms with E-state index in [1.165, 1.54) is 24.3 Å². The van der Waals surface area contributed by atoms with E-state index in [2.05, 4.69) is 26.7 Å². The third-order valence-corrected chi connectivity index (χ3v) is 8.39. The van der Waals surface area contributed by atoms with Crippen LogP contribution < -0.4 is 4.90 Å². The molecule has 11 heteroatoms. The molecular weight excluding hydrogens is 550 g/mol. The summed E-state index contributed by atoms with van der Waals surface area (Å²) >= 11 is 6.48. The Kier molecular flexibility index (Phi) is 7.91. The van der Waals surface area contributed by atoms with Crippen LogP contribution in [0.3, 0.4) is 0 Å². The second kappa shape index (κ2) is 11.6. The number of imidazole rings is 1. The van der Waals surface area contributed by atoms with Crippen molar-refractivity contribution in [2.75, 3.05) is 31.2 Å². The lowest BCUT2D eigenvalue weighted by Gasteiger charge is -2.48. The van der Waals surface area contributed by atoms with Gasteiger partial charge < -0.3 is 19.3 Å². The lowest BCUT2D eigenvalue weighted by Crippen LogP contribution is -2.60. The molecular formula is C30H33ClF2N6O2. The van der Waals surface area contributed by atoms with Crippen LogP contribution in [0.15, 0.2) is 48.5 Å². The topological polar surface area (TPSA) is 79.5 Å². The van der Waals surface area contributed by atoms with Crippen LogP contribution in [0, 0.1) is 18.6 Å². The molecule has 0 radical (unpaired) electrons. The van der Waals surface area contributed by atoms with Crippen molar-refractivity contribution in [1.82, 2.24) is 24.4 Å². The first kappa shape index (κ1) is 28.0. The minimum absolute atomic E-state index is 0.0565.